The second kappa shape index (κ2) is 6.96. The second-order valence-corrected chi connectivity index (χ2v) is 6.99. The zero-order valence-corrected chi connectivity index (χ0v) is 15.7. The van der Waals surface area contributed by atoms with E-state index in [-0.39, 0.29) is 12.3 Å². The van der Waals surface area contributed by atoms with Gasteiger partial charge in [-0.05, 0) is 37.6 Å². The number of nitrogens with zero attached hydrogens (tertiary/aromatic N) is 3. The summed E-state index contributed by atoms with van der Waals surface area (Å²) in [6.45, 7) is 3.82. The summed E-state index contributed by atoms with van der Waals surface area (Å²) in [5.74, 6) is 1.06. The number of halogens is 1. The van der Waals surface area contributed by atoms with Gasteiger partial charge in [0.2, 0.25) is 5.91 Å². The van der Waals surface area contributed by atoms with Crippen molar-refractivity contribution in [2.45, 2.75) is 26.7 Å². The van der Waals surface area contributed by atoms with Crippen molar-refractivity contribution in [2.75, 3.05) is 5.32 Å². The van der Waals surface area contributed by atoms with Crippen LogP contribution in [0.4, 0.5) is 11.5 Å². The zero-order valence-electron chi connectivity index (χ0n) is 14.9. The Morgan fingerprint density at radius 1 is 1.26 bits per heavy atom. The van der Waals surface area contributed by atoms with Gasteiger partial charge in [-0.1, -0.05) is 22.8 Å². The molecule has 27 heavy (non-hydrogen) atoms. The SMILES string of the molecule is Cc1cnc2c(c1)CC(c1cc(NC(=O)Cc3cc(C)no3)ccc1Cl)=N2. The number of aryl methyl sites for hydroxylation is 2. The van der Waals surface area contributed by atoms with Crippen LogP contribution in [0.25, 0.3) is 0 Å². The molecule has 0 bridgehead atoms. The van der Waals surface area contributed by atoms with E-state index in [0.717, 1.165) is 33.9 Å². The van der Waals surface area contributed by atoms with Crippen LogP contribution in [0.2, 0.25) is 5.02 Å². The number of hydrogen-bond acceptors (Lipinski definition) is 5. The summed E-state index contributed by atoms with van der Waals surface area (Å²) < 4.78 is 5.08. The van der Waals surface area contributed by atoms with Gasteiger partial charge in [0, 0.05) is 40.5 Å². The minimum absolute atomic E-state index is 0.119. The molecular weight excluding hydrogens is 364 g/mol. The van der Waals surface area contributed by atoms with Gasteiger partial charge in [0.1, 0.15) is 5.76 Å². The molecule has 0 saturated heterocycles. The molecule has 0 aliphatic carbocycles. The fraction of sp³-hybridized carbons (Fsp3) is 0.200. The predicted molar refractivity (Wildman–Crippen MR) is 104 cm³/mol. The molecule has 7 heteroatoms. The molecule has 0 unspecified atom stereocenters. The summed E-state index contributed by atoms with van der Waals surface area (Å²) in [5, 5.41) is 7.24. The number of fused-ring (bicyclic) bond motifs is 1. The average molecular weight is 381 g/mol. The molecule has 0 atom stereocenters. The van der Waals surface area contributed by atoms with Crippen LogP contribution in [0.3, 0.4) is 0 Å². The third kappa shape index (κ3) is 3.75. The number of rotatable bonds is 4. The second-order valence-electron chi connectivity index (χ2n) is 6.58. The van der Waals surface area contributed by atoms with Crippen molar-refractivity contribution in [3.8, 4) is 0 Å². The number of nitrogens with one attached hydrogen (secondary N) is 1. The van der Waals surface area contributed by atoms with Gasteiger partial charge in [-0.15, -0.1) is 0 Å². The van der Waals surface area contributed by atoms with Crippen LogP contribution < -0.4 is 5.32 Å². The first-order chi connectivity index (χ1) is 13.0. The molecule has 136 valence electrons. The van der Waals surface area contributed by atoms with Crippen LogP contribution in [-0.4, -0.2) is 21.8 Å². The zero-order chi connectivity index (χ0) is 19.0. The normalized spacial score (nSPS) is 12.6. The number of pyridine rings is 1. The quantitative estimate of drug-likeness (QED) is 0.735. The number of anilines is 1. The number of benzene rings is 1. The molecule has 1 amide bonds. The molecule has 0 radical (unpaired) electrons. The van der Waals surface area contributed by atoms with Gasteiger partial charge in [0.25, 0.3) is 0 Å². The smallest absolute Gasteiger partial charge is 0.232 e. The maximum Gasteiger partial charge on any atom is 0.232 e. The molecule has 1 N–H and O–H groups in total. The molecule has 1 aliphatic heterocycles. The van der Waals surface area contributed by atoms with Gasteiger partial charge in [-0.25, -0.2) is 9.98 Å². The van der Waals surface area contributed by atoms with E-state index < -0.39 is 0 Å². The number of carbonyl (C=O) groups is 1. The van der Waals surface area contributed by atoms with E-state index in [2.05, 4.69) is 26.5 Å². The first kappa shape index (κ1) is 17.4. The number of amides is 1. The van der Waals surface area contributed by atoms with Crippen LogP contribution >= 0.6 is 11.6 Å². The summed E-state index contributed by atoms with van der Waals surface area (Å²) >= 11 is 6.38. The lowest BCUT2D eigenvalue weighted by molar-refractivity contribution is -0.115. The van der Waals surface area contributed by atoms with Crippen LogP contribution in [0, 0.1) is 13.8 Å². The Labute approximate surface area is 161 Å². The van der Waals surface area contributed by atoms with Gasteiger partial charge >= 0.3 is 0 Å². The Kier molecular flexibility index (Phi) is 4.49. The van der Waals surface area contributed by atoms with Crippen LogP contribution in [0.5, 0.6) is 0 Å². The van der Waals surface area contributed by atoms with Crippen molar-refractivity contribution in [2.24, 2.45) is 4.99 Å². The average Bonchev–Trinajstić information content (AvgIpc) is 3.22. The third-order valence-corrected chi connectivity index (χ3v) is 4.58. The van der Waals surface area contributed by atoms with Crippen molar-refractivity contribution < 1.29 is 9.32 Å². The highest BCUT2D eigenvalue weighted by Gasteiger charge is 2.20. The standard InChI is InChI=1S/C20H17ClN4O2/c1-11-5-13-7-18(24-20(13)22-10-11)16-8-14(3-4-17(16)21)23-19(26)9-15-6-12(2)25-27-15/h3-6,8,10H,7,9H2,1-2H3,(H,23,26). The largest absolute Gasteiger partial charge is 0.361 e. The van der Waals surface area contributed by atoms with Gasteiger partial charge in [-0.3, -0.25) is 4.79 Å². The Hall–Kier alpha value is -2.99. The fourth-order valence-electron chi connectivity index (χ4n) is 3.04. The molecule has 2 aromatic heterocycles. The summed E-state index contributed by atoms with van der Waals surface area (Å²) in [6, 6.07) is 9.18. The van der Waals surface area contributed by atoms with E-state index in [4.69, 9.17) is 16.1 Å². The van der Waals surface area contributed by atoms with Crippen molar-refractivity contribution in [3.05, 3.63) is 69.7 Å². The molecule has 0 fully saturated rings. The van der Waals surface area contributed by atoms with E-state index in [1.54, 1.807) is 24.4 Å². The molecule has 0 spiro atoms. The monoisotopic (exact) mass is 380 g/mol. The number of carbonyl (C=O) groups excluding carboxylic acids is 1. The first-order valence-electron chi connectivity index (χ1n) is 8.53. The van der Waals surface area contributed by atoms with Gasteiger partial charge < -0.3 is 9.84 Å². The molecular formula is C20H17ClN4O2. The van der Waals surface area contributed by atoms with Crippen molar-refractivity contribution in [1.29, 1.82) is 0 Å². The summed E-state index contributed by atoms with van der Waals surface area (Å²) in [4.78, 5) is 21.2. The highest BCUT2D eigenvalue weighted by Crippen LogP contribution is 2.31. The van der Waals surface area contributed by atoms with E-state index >= 15 is 0 Å². The maximum absolute atomic E-state index is 12.3. The van der Waals surface area contributed by atoms with E-state index in [1.165, 1.54) is 0 Å². The first-order valence-corrected chi connectivity index (χ1v) is 8.91. The van der Waals surface area contributed by atoms with E-state index in [1.807, 2.05) is 19.9 Å². The molecule has 3 aromatic rings. The lowest BCUT2D eigenvalue weighted by atomic mass is 10.0. The molecule has 3 heterocycles. The number of hydrogen-bond donors (Lipinski definition) is 1. The minimum Gasteiger partial charge on any atom is -0.361 e. The highest BCUT2D eigenvalue weighted by atomic mass is 35.5. The van der Waals surface area contributed by atoms with Gasteiger partial charge in [0.05, 0.1) is 17.8 Å². The predicted octanol–water partition coefficient (Wildman–Crippen LogP) is 4.20. The lowest BCUT2D eigenvalue weighted by Gasteiger charge is -2.09. The van der Waals surface area contributed by atoms with Crippen LogP contribution in [0.1, 0.15) is 28.1 Å². The van der Waals surface area contributed by atoms with Gasteiger partial charge in [0.15, 0.2) is 5.82 Å². The lowest BCUT2D eigenvalue weighted by Crippen LogP contribution is -2.14. The van der Waals surface area contributed by atoms with Crippen LogP contribution in [-0.2, 0) is 17.6 Å². The fourth-order valence-corrected chi connectivity index (χ4v) is 3.27. The molecule has 0 saturated carbocycles. The van der Waals surface area contributed by atoms with Crippen molar-refractivity contribution in [1.82, 2.24) is 10.1 Å². The molecule has 1 aliphatic rings. The van der Waals surface area contributed by atoms with Crippen LogP contribution in [0.15, 0.2) is 46.0 Å². The Morgan fingerprint density at radius 2 is 2.11 bits per heavy atom. The van der Waals surface area contributed by atoms with E-state index in [0.29, 0.717) is 22.9 Å². The highest BCUT2D eigenvalue weighted by molar-refractivity contribution is 6.34. The molecule has 1 aromatic carbocycles. The summed E-state index contributed by atoms with van der Waals surface area (Å²) in [7, 11) is 0. The molecule has 4 rings (SSSR count). The Bertz CT molecular complexity index is 1070. The molecule has 6 nitrogen and oxygen atoms in total. The Balaban J connectivity index is 1.53. The van der Waals surface area contributed by atoms with Crippen molar-refractivity contribution in [3.63, 3.8) is 0 Å². The Morgan fingerprint density at radius 3 is 2.89 bits per heavy atom. The third-order valence-electron chi connectivity index (χ3n) is 4.25. The minimum atomic E-state index is -0.187. The number of aromatic nitrogens is 2. The van der Waals surface area contributed by atoms with E-state index in [9.17, 15) is 4.79 Å². The maximum atomic E-state index is 12.3. The summed E-state index contributed by atoms with van der Waals surface area (Å²) in [6.07, 6.45) is 2.58. The topological polar surface area (TPSA) is 80.4 Å². The summed E-state index contributed by atoms with van der Waals surface area (Å²) in [5.41, 5.74) is 5.21. The van der Waals surface area contributed by atoms with Crippen molar-refractivity contribution >= 4 is 34.7 Å². The van der Waals surface area contributed by atoms with Gasteiger partial charge in [-0.2, -0.15) is 0 Å². The number of aliphatic imine (C=N–C) groups is 1.